The molecule has 2 fully saturated rings. The zero-order valence-corrected chi connectivity index (χ0v) is 18.2. The minimum absolute atomic E-state index is 0.0915. The zero-order valence-electron chi connectivity index (χ0n) is 17.5. The normalized spacial score (nSPS) is 19.2. The van der Waals surface area contributed by atoms with Gasteiger partial charge in [-0.3, -0.25) is 9.59 Å². The Kier molecular flexibility index (Phi) is 7.10. The minimum atomic E-state index is -0.155. The van der Waals surface area contributed by atoms with E-state index in [9.17, 15) is 9.59 Å². The molecule has 6 nitrogen and oxygen atoms in total. The van der Waals surface area contributed by atoms with Gasteiger partial charge in [-0.15, -0.1) is 0 Å². The summed E-state index contributed by atoms with van der Waals surface area (Å²) < 4.78 is 11.3. The van der Waals surface area contributed by atoms with Gasteiger partial charge in [-0.1, -0.05) is 35.9 Å². The third kappa shape index (κ3) is 5.38. The second kappa shape index (κ2) is 10.2. The summed E-state index contributed by atoms with van der Waals surface area (Å²) >= 11 is 5.94. The van der Waals surface area contributed by atoms with Crippen LogP contribution in [0, 0.1) is 5.92 Å². The monoisotopic (exact) mass is 442 g/mol. The zero-order chi connectivity index (χ0) is 21.6. The standard InChI is InChI=1S/C24H27ClN2O4/c25-20-9-7-18(8-10-20)17-31-22-6-2-1-5-21(22)24(29)27-11-3-4-19(16-27)23(28)26-12-14-30-15-13-26/h1-2,5-10,19H,3-4,11-17H2/t19-/m1/s1. The van der Waals surface area contributed by atoms with Crippen LogP contribution in [0.5, 0.6) is 5.75 Å². The van der Waals surface area contributed by atoms with Crippen molar-refractivity contribution in [1.82, 2.24) is 9.80 Å². The van der Waals surface area contributed by atoms with Gasteiger partial charge in [0.25, 0.3) is 5.91 Å². The lowest BCUT2D eigenvalue weighted by atomic mass is 9.95. The molecule has 0 spiro atoms. The van der Waals surface area contributed by atoms with Crippen LogP contribution < -0.4 is 4.74 Å². The molecule has 2 aliphatic rings. The Morgan fingerprint density at radius 2 is 1.74 bits per heavy atom. The van der Waals surface area contributed by atoms with E-state index in [4.69, 9.17) is 21.1 Å². The molecule has 7 heteroatoms. The van der Waals surface area contributed by atoms with Crippen LogP contribution in [-0.2, 0) is 16.1 Å². The van der Waals surface area contributed by atoms with E-state index in [1.165, 1.54) is 0 Å². The Morgan fingerprint density at radius 1 is 1.00 bits per heavy atom. The van der Waals surface area contributed by atoms with Crippen molar-refractivity contribution in [1.29, 1.82) is 0 Å². The van der Waals surface area contributed by atoms with Crippen molar-refractivity contribution < 1.29 is 19.1 Å². The van der Waals surface area contributed by atoms with Crippen LogP contribution in [0.25, 0.3) is 0 Å². The van der Waals surface area contributed by atoms with E-state index in [2.05, 4.69) is 0 Å². The van der Waals surface area contributed by atoms with Crippen LogP contribution in [-0.4, -0.2) is 61.0 Å². The van der Waals surface area contributed by atoms with E-state index in [1.54, 1.807) is 11.0 Å². The number of rotatable bonds is 5. The van der Waals surface area contributed by atoms with Gasteiger partial charge < -0.3 is 19.3 Å². The maximum absolute atomic E-state index is 13.3. The van der Waals surface area contributed by atoms with Crippen LogP contribution in [0.3, 0.4) is 0 Å². The molecule has 0 saturated carbocycles. The Balaban J connectivity index is 1.42. The highest BCUT2D eigenvalue weighted by Gasteiger charge is 2.32. The molecule has 2 aliphatic heterocycles. The number of carbonyl (C=O) groups excluding carboxylic acids is 2. The topological polar surface area (TPSA) is 59.1 Å². The average molecular weight is 443 g/mol. The highest BCUT2D eigenvalue weighted by atomic mass is 35.5. The number of benzene rings is 2. The van der Waals surface area contributed by atoms with Crippen molar-refractivity contribution in [3.63, 3.8) is 0 Å². The Morgan fingerprint density at radius 3 is 2.52 bits per heavy atom. The van der Waals surface area contributed by atoms with E-state index >= 15 is 0 Å². The molecule has 2 aromatic carbocycles. The minimum Gasteiger partial charge on any atom is -0.488 e. The van der Waals surface area contributed by atoms with E-state index in [1.807, 2.05) is 47.4 Å². The summed E-state index contributed by atoms with van der Waals surface area (Å²) in [5.74, 6) is 0.432. The lowest BCUT2D eigenvalue weighted by Crippen LogP contribution is -2.49. The number of halogens is 1. The van der Waals surface area contributed by atoms with Crippen molar-refractivity contribution in [2.75, 3.05) is 39.4 Å². The van der Waals surface area contributed by atoms with Crippen molar-refractivity contribution in [2.24, 2.45) is 5.92 Å². The molecule has 2 saturated heterocycles. The highest BCUT2D eigenvalue weighted by Crippen LogP contribution is 2.26. The molecule has 31 heavy (non-hydrogen) atoms. The quantitative estimate of drug-likeness (QED) is 0.709. The van der Waals surface area contributed by atoms with E-state index in [-0.39, 0.29) is 17.7 Å². The summed E-state index contributed by atoms with van der Waals surface area (Å²) in [6, 6.07) is 14.7. The first-order valence-electron chi connectivity index (χ1n) is 10.7. The lowest BCUT2D eigenvalue weighted by molar-refractivity contribution is -0.141. The molecule has 4 rings (SSSR count). The van der Waals surface area contributed by atoms with Crippen molar-refractivity contribution >= 4 is 23.4 Å². The van der Waals surface area contributed by atoms with Crippen molar-refractivity contribution in [3.05, 3.63) is 64.7 Å². The maximum Gasteiger partial charge on any atom is 0.257 e. The second-order valence-electron chi connectivity index (χ2n) is 7.94. The first-order valence-corrected chi connectivity index (χ1v) is 11.1. The van der Waals surface area contributed by atoms with Gasteiger partial charge in [-0.2, -0.15) is 0 Å². The Labute approximate surface area is 187 Å². The van der Waals surface area contributed by atoms with Crippen molar-refractivity contribution in [2.45, 2.75) is 19.4 Å². The van der Waals surface area contributed by atoms with Gasteiger partial charge in [0.05, 0.1) is 24.7 Å². The van der Waals surface area contributed by atoms with Gasteiger partial charge >= 0.3 is 0 Å². The van der Waals surface area contributed by atoms with Crippen molar-refractivity contribution in [3.8, 4) is 5.75 Å². The molecule has 164 valence electrons. The van der Waals surface area contributed by atoms with Crippen LogP contribution >= 0.6 is 11.6 Å². The van der Waals surface area contributed by atoms with Gasteiger partial charge in [0.1, 0.15) is 12.4 Å². The first kappa shape index (κ1) is 21.7. The smallest absolute Gasteiger partial charge is 0.257 e. The Hall–Kier alpha value is -2.57. The number of hydrogen-bond acceptors (Lipinski definition) is 4. The van der Waals surface area contributed by atoms with Gasteiger partial charge in [-0.05, 0) is 42.7 Å². The summed E-state index contributed by atoms with van der Waals surface area (Å²) in [5.41, 5.74) is 1.50. The molecular weight excluding hydrogens is 416 g/mol. The molecule has 0 N–H and O–H groups in total. The van der Waals surface area contributed by atoms with Crippen LogP contribution in [0.1, 0.15) is 28.8 Å². The summed E-state index contributed by atoms with van der Waals surface area (Å²) in [6.45, 7) is 3.87. The summed E-state index contributed by atoms with van der Waals surface area (Å²) in [7, 11) is 0. The third-order valence-electron chi connectivity index (χ3n) is 5.81. The van der Waals surface area contributed by atoms with Crippen LogP contribution in [0.2, 0.25) is 5.02 Å². The molecule has 2 aromatic rings. The predicted molar refractivity (Wildman–Crippen MR) is 118 cm³/mol. The lowest BCUT2D eigenvalue weighted by Gasteiger charge is -2.36. The molecule has 0 aliphatic carbocycles. The molecular formula is C24H27ClN2O4. The molecule has 0 aromatic heterocycles. The summed E-state index contributed by atoms with van der Waals surface area (Å²) in [4.78, 5) is 29.9. The number of carbonyl (C=O) groups is 2. The number of morpholine rings is 1. The van der Waals surface area contributed by atoms with Gasteiger partial charge in [-0.25, -0.2) is 0 Å². The maximum atomic E-state index is 13.3. The number of para-hydroxylation sites is 1. The molecule has 2 amide bonds. The molecule has 2 heterocycles. The predicted octanol–water partition coefficient (Wildman–Crippen LogP) is 3.63. The van der Waals surface area contributed by atoms with Gasteiger partial charge in [0, 0.05) is 31.2 Å². The fourth-order valence-electron chi connectivity index (χ4n) is 4.09. The highest BCUT2D eigenvalue weighted by molar-refractivity contribution is 6.30. The van der Waals surface area contributed by atoms with Crippen LogP contribution in [0.15, 0.2) is 48.5 Å². The summed E-state index contributed by atoms with van der Waals surface area (Å²) in [6.07, 6.45) is 1.63. The number of piperidine rings is 1. The first-order chi connectivity index (χ1) is 15.1. The fourth-order valence-corrected chi connectivity index (χ4v) is 4.21. The number of nitrogens with zero attached hydrogens (tertiary/aromatic N) is 2. The number of hydrogen-bond donors (Lipinski definition) is 0. The largest absolute Gasteiger partial charge is 0.488 e. The fraction of sp³-hybridized carbons (Fsp3) is 0.417. The molecule has 1 atom stereocenters. The molecule has 0 unspecified atom stereocenters. The van der Waals surface area contributed by atoms with Crippen LogP contribution in [0.4, 0.5) is 0 Å². The Bertz CT molecular complexity index is 912. The molecule has 0 bridgehead atoms. The third-order valence-corrected chi connectivity index (χ3v) is 6.06. The van der Waals surface area contributed by atoms with E-state index in [0.29, 0.717) is 62.3 Å². The molecule has 0 radical (unpaired) electrons. The SMILES string of the molecule is O=C(c1ccccc1OCc1ccc(Cl)cc1)N1CCC[C@@H](C(=O)N2CCOCC2)C1. The number of ether oxygens (including phenoxy) is 2. The average Bonchev–Trinajstić information content (AvgIpc) is 2.83. The number of amides is 2. The van der Waals surface area contributed by atoms with Gasteiger partial charge in [0.2, 0.25) is 5.91 Å². The van der Waals surface area contributed by atoms with E-state index < -0.39 is 0 Å². The number of likely N-dealkylation sites (tertiary alicyclic amines) is 1. The summed E-state index contributed by atoms with van der Waals surface area (Å²) in [5, 5.41) is 0.672. The second-order valence-corrected chi connectivity index (χ2v) is 8.38. The van der Waals surface area contributed by atoms with E-state index in [0.717, 1.165) is 18.4 Å². The van der Waals surface area contributed by atoms with Gasteiger partial charge in [0.15, 0.2) is 0 Å².